The lowest BCUT2D eigenvalue weighted by atomic mass is 9.94. The fraction of sp³-hybridized carbons (Fsp3) is 0.214. The molecule has 3 nitrogen and oxygen atoms in total. The molecule has 2 radical (unpaired) electrons. The normalized spacial score (nSPS) is 10.4. The highest BCUT2D eigenvalue weighted by Crippen LogP contribution is 2.10. The van der Waals surface area contributed by atoms with E-state index < -0.39 is 5.95 Å². The van der Waals surface area contributed by atoms with Crippen LogP contribution in [0.1, 0.15) is 11.3 Å². The number of pyridine rings is 1. The highest BCUT2D eigenvalue weighted by molar-refractivity contribution is 6.33. The number of nitrogens with zero attached hydrogens (tertiary/aromatic N) is 1. The SMILES string of the molecule is [B]c1ccc(F)nc1CNCc1ccc(OC)cc1. The largest absolute Gasteiger partial charge is 0.497 e. The molecule has 0 atom stereocenters. The topological polar surface area (TPSA) is 34.2 Å². The van der Waals surface area contributed by atoms with Gasteiger partial charge in [0.2, 0.25) is 5.95 Å². The Hall–Kier alpha value is -1.88. The summed E-state index contributed by atoms with van der Waals surface area (Å²) in [7, 11) is 7.35. The first-order chi connectivity index (χ1) is 9.19. The molecular weight excluding hydrogens is 242 g/mol. The van der Waals surface area contributed by atoms with Crippen molar-refractivity contribution < 1.29 is 9.13 Å². The van der Waals surface area contributed by atoms with Crippen LogP contribution in [-0.4, -0.2) is 19.9 Å². The maximum absolute atomic E-state index is 13.0. The first-order valence-electron chi connectivity index (χ1n) is 5.93. The van der Waals surface area contributed by atoms with Gasteiger partial charge in [-0.05, 0) is 23.8 Å². The van der Waals surface area contributed by atoms with Crippen LogP contribution in [-0.2, 0) is 13.1 Å². The van der Waals surface area contributed by atoms with Crippen molar-refractivity contribution >= 4 is 13.3 Å². The summed E-state index contributed by atoms with van der Waals surface area (Å²) in [6.07, 6.45) is 0. The fourth-order valence-corrected chi connectivity index (χ4v) is 1.70. The van der Waals surface area contributed by atoms with Gasteiger partial charge in [-0.15, -0.1) is 0 Å². The maximum atomic E-state index is 13.0. The van der Waals surface area contributed by atoms with Gasteiger partial charge in [-0.3, -0.25) is 0 Å². The lowest BCUT2D eigenvalue weighted by Gasteiger charge is -2.08. The van der Waals surface area contributed by atoms with Crippen molar-refractivity contribution in [2.45, 2.75) is 13.1 Å². The van der Waals surface area contributed by atoms with Crippen molar-refractivity contribution in [3.63, 3.8) is 0 Å². The highest BCUT2D eigenvalue weighted by atomic mass is 19.1. The number of nitrogens with one attached hydrogen (secondary N) is 1. The van der Waals surface area contributed by atoms with Crippen molar-refractivity contribution in [2.75, 3.05) is 7.11 Å². The Bertz CT molecular complexity index is 546. The minimum absolute atomic E-state index is 0.426. The number of halogens is 1. The third-order valence-electron chi connectivity index (χ3n) is 2.76. The summed E-state index contributed by atoms with van der Waals surface area (Å²) in [5, 5.41) is 3.17. The van der Waals surface area contributed by atoms with E-state index in [1.165, 1.54) is 12.1 Å². The average Bonchev–Trinajstić information content (AvgIpc) is 2.43. The Morgan fingerprint density at radius 3 is 2.58 bits per heavy atom. The Kier molecular flexibility index (Phi) is 4.52. The van der Waals surface area contributed by atoms with Crippen LogP contribution in [0.3, 0.4) is 0 Å². The summed E-state index contributed by atoms with van der Waals surface area (Å²) in [4.78, 5) is 3.76. The Morgan fingerprint density at radius 2 is 1.89 bits per heavy atom. The van der Waals surface area contributed by atoms with Crippen LogP contribution in [0.5, 0.6) is 5.75 Å². The molecule has 0 amide bonds. The zero-order chi connectivity index (χ0) is 13.7. The van der Waals surface area contributed by atoms with Crippen LogP contribution in [0.2, 0.25) is 0 Å². The minimum Gasteiger partial charge on any atom is -0.497 e. The Labute approximate surface area is 113 Å². The molecule has 0 saturated carbocycles. The average molecular weight is 256 g/mol. The molecule has 2 aromatic rings. The molecule has 0 aliphatic rings. The smallest absolute Gasteiger partial charge is 0.213 e. The van der Waals surface area contributed by atoms with Gasteiger partial charge in [0.1, 0.15) is 13.6 Å². The van der Waals surface area contributed by atoms with Gasteiger partial charge in [-0.1, -0.05) is 23.7 Å². The summed E-state index contributed by atoms with van der Waals surface area (Å²) in [6.45, 7) is 1.08. The molecule has 0 aliphatic heterocycles. The summed E-state index contributed by atoms with van der Waals surface area (Å²) in [5.74, 6) is 0.301. The highest BCUT2D eigenvalue weighted by Gasteiger charge is 2.01. The molecule has 0 aliphatic carbocycles. The van der Waals surface area contributed by atoms with Gasteiger partial charge in [0.15, 0.2) is 0 Å². The van der Waals surface area contributed by atoms with Gasteiger partial charge in [0.25, 0.3) is 0 Å². The number of ether oxygens (including phenoxy) is 1. The molecule has 1 aromatic carbocycles. The lowest BCUT2D eigenvalue weighted by Crippen LogP contribution is -2.21. The number of aromatic nitrogens is 1. The summed E-state index contributed by atoms with van der Waals surface area (Å²) in [5.41, 5.74) is 2.12. The van der Waals surface area contributed by atoms with E-state index in [4.69, 9.17) is 12.6 Å². The zero-order valence-corrected chi connectivity index (χ0v) is 10.7. The van der Waals surface area contributed by atoms with E-state index in [9.17, 15) is 4.39 Å². The first-order valence-corrected chi connectivity index (χ1v) is 5.93. The first kappa shape index (κ1) is 13.6. The fourth-order valence-electron chi connectivity index (χ4n) is 1.70. The summed E-state index contributed by atoms with van der Waals surface area (Å²) in [6, 6.07) is 10.5. The van der Waals surface area contributed by atoms with Crippen molar-refractivity contribution in [1.29, 1.82) is 0 Å². The van der Waals surface area contributed by atoms with Crippen LogP contribution < -0.4 is 15.5 Å². The summed E-state index contributed by atoms with van der Waals surface area (Å²) >= 11 is 0. The monoisotopic (exact) mass is 256 g/mol. The number of hydrogen-bond acceptors (Lipinski definition) is 3. The molecule has 1 heterocycles. The Balaban J connectivity index is 1.90. The minimum atomic E-state index is -0.518. The van der Waals surface area contributed by atoms with Crippen LogP contribution in [0.15, 0.2) is 36.4 Å². The van der Waals surface area contributed by atoms with Gasteiger partial charge >= 0.3 is 0 Å². The van der Waals surface area contributed by atoms with E-state index in [2.05, 4.69) is 10.3 Å². The predicted octanol–water partition coefficient (Wildman–Crippen LogP) is 1.31. The third-order valence-corrected chi connectivity index (χ3v) is 2.76. The molecule has 0 saturated heterocycles. The van der Waals surface area contributed by atoms with Gasteiger partial charge in [0.05, 0.1) is 12.8 Å². The van der Waals surface area contributed by atoms with Gasteiger partial charge in [0, 0.05) is 13.1 Å². The molecule has 96 valence electrons. The summed E-state index contributed by atoms with van der Waals surface area (Å²) < 4.78 is 18.1. The van der Waals surface area contributed by atoms with Crippen molar-refractivity contribution in [3.05, 3.63) is 53.6 Å². The second-order valence-electron chi connectivity index (χ2n) is 4.12. The molecule has 0 unspecified atom stereocenters. The van der Waals surface area contributed by atoms with Crippen LogP contribution in [0.4, 0.5) is 4.39 Å². The molecule has 2 rings (SSSR count). The number of rotatable bonds is 5. The Morgan fingerprint density at radius 1 is 1.16 bits per heavy atom. The molecule has 1 aromatic heterocycles. The molecule has 0 spiro atoms. The van der Waals surface area contributed by atoms with E-state index in [0.717, 1.165) is 11.3 Å². The van der Waals surface area contributed by atoms with Crippen molar-refractivity contribution in [1.82, 2.24) is 10.3 Å². The quantitative estimate of drug-likeness (QED) is 0.647. The molecule has 0 bridgehead atoms. The predicted molar refractivity (Wildman–Crippen MR) is 73.1 cm³/mol. The van der Waals surface area contributed by atoms with Gasteiger partial charge in [-0.25, -0.2) is 4.98 Å². The lowest BCUT2D eigenvalue weighted by molar-refractivity contribution is 0.414. The van der Waals surface area contributed by atoms with Crippen LogP contribution in [0, 0.1) is 5.95 Å². The zero-order valence-electron chi connectivity index (χ0n) is 10.7. The van der Waals surface area contributed by atoms with Crippen molar-refractivity contribution in [3.8, 4) is 5.75 Å². The number of hydrogen-bond donors (Lipinski definition) is 1. The standard InChI is InChI=1S/C14H14BFN2O/c1-19-11-4-2-10(3-5-11)8-17-9-13-12(15)6-7-14(16)18-13/h2-7,17H,8-9H2,1H3. The molecule has 5 heteroatoms. The maximum Gasteiger partial charge on any atom is 0.213 e. The third kappa shape index (κ3) is 3.79. The van der Waals surface area contributed by atoms with E-state index >= 15 is 0 Å². The number of benzene rings is 1. The second kappa shape index (κ2) is 6.34. The molecule has 19 heavy (non-hydrogen) atoms. The van der Waals surface area contributed by atoms with Crippen LogP contribution >= 0.6 is 0 Å². The molecular formula is C14H14BFN2O. The van der Waals surface area contributed by atoms with E-state index in [1.54, 1.807) is 7.11 Å². The van der Waals surface area contributed by atoms with Gasteiger partial charge < -0.3 is 10.1 Å². The van der Waals surface area contributed by atoms with E-state index in [0.29, 0.717) is 24.2 Å². The molecule has 1 N–H and O–H groups in total. The van der Waals surface area contributed by atoms with Crippen molar-refractivity contribution in [2.24, 2.45) is 0 Å². The number of methoxy groups -OCH3 is 1. The van der Waals surface area contributed by atoms with E-state index in [1.807, 2.05) is 24.3 Å². The second-order valence-corrected chi connectivity index (χ2v) is 4.12. The van der Waals surface area contributed by atoms with Crippen LogP contribution in [0.25, 0.3) is 0 Å². The molecule has 0 fully saturated rings. The van der Waals surface area contributed by atoms with E-state index in [-0.39, 0.29) is 0 Å². The van der Waals surface area contributed by atoms with Gasteiger partial charge in [-0.2, -0.15) is 4.39 Å².